The lowest BCUT2D eigenvalue weighted by molar-refractivity contribution is 0.0880. The van der Waals surface area contributed by atoms with Crippen molar-refractivity contribution < 1.29 is 18.0 Å². The van der Waals surface area contributed by atoms with E-state index in [1.165, 1.54) is 0 Å². The molecule has 0 saturated heterocycles. The average Bonchev–Trinajstić information content (AvgIpc) is 3.35. The van der Waals surface area contributed by atoms with Crippen molar-refractivity contribution in [3.8, 4) is 0 Å². The first kappa shape index (κ1) is 16.2. The molecule has 8 heteroatoms. The van der Waals surface area contributed by atoms with Crippen LogP contribution in [0.3, 0.4) is 0 Å². The standard InChI is InChI=1S/C22H13N3O4S/c26-21-16-14-10-4-1-2-6-12(10)23-18(14)20-15(17(16)22(27)24-21)11-5-3-7-13-19(11)25(20)8-9-30(13,28)29/h1-7,23H,8-9H2,(H,24,26,27). The number of carbonyl (C=O) groups excluding carboxylic acids is 2. The van der Waals surface area contributed by atoms with Crippen LogP contribution < -0.4 is 5.32 Å². The van der Waals surface area contributed by atoms with Crippen LogP contribution >= 0.6 is 0 Å². The summed E-state index contributed by atoms with van der Waals surface area (Å²) in [7, 11) is -3.41. The third-order valence-corrected chi connectivity index (χ3v) is 8.06. The first-order valence-electron chi connectivity index (χ1n) is 9.57. The zero-order valence-electron chi connectivity index (χ0n) is 15.4. The molecule has 2 aliphatic heterocycles. The predicted molar refractivity (Wildman–Crippen MR) is 113 cm³/mol. The van der Waals surface area contributed by atoms with E-state index in [2.05, 4.69) is 10.3 Å². The molecule has 0 unspecified atom stereocenters. The molecule has 0 atom stereocenters. The zero-order chi connectivity index (χ0) is 20.4. The fraction of sp³-hybridized carbons (Fsp3) is 0.0909. The molecule has 0 radical (unpaired) electrons. The van der Waals surface area contributed by atoms with Crippen molar-refractivity contribution in [3.05, 3.63) is 53.6 Å². The number of hydrogen-bond acceptors (Lipinski definition) is 4. The Hall–Kier alpha value is -3.65. The number of sulfone groups is 1. The molecule has 7 nitrogen and oxygen atoms in total. The van der Waals surface area contributed by atoms with Gasteiger partial charge in [-0.3, -0.25) is 14.9 Å². The number of H-pyrrole nitrogens is 1. The van der Waals surface area contributed by atoms with Gasteiger partial charge < -0.3 is 9.55 Å². The lowest BCUT2D eigenvalue weighted by Crippen LogP contribution is -2.20. The van der Waals surface area contributed by atoms with E-state index < -0.39 is 21.7 Å². The minimum atomic E-state index is -3.41. The first-order valence-corrected chi connectivity index (χ1v) is 11.2. The number of aromatic nitrogens is 2. The Labute approximate surface area is 169 Å². The zero-order valence-corrected chi connectivity index (χ0v) is 16.3. The number of hydrogen-bond donors (Lipinski definition) is 2. The minimum absolute atomic E-state index is 0.00712. The number of nitrogens with zero attached hydrogens (tertiary/aromatic N) is 1. The van der Waals surface area contributed by atoms with Crippen molar-refractivity contribution in [3.63, 3.8) is 0 Å². The summed E-state index contributed by atoms with van der Waals surface area (Å²) in [5, 5.41) is 5.30. The smallest absolute Gasteiger partial charge is 0.259 e. The van der Waals surface area contributed by atoms with E-state index >= 15 is 0 Å². The van der Waals surface area contributed by atoms with Crippen LogP contribution in [0.25, 0.3) is 43.6 Å². The van der Waals surface area contributed by atoms with Crippen molar-refractivity contribution in [1.82, 2.24) is 14.9 Å². The topological polar surface area (TPSA) is 101 Å². The molecule has 0 fully saturated rings. The van der Waals surface area contributed by atoms with E-state index in [1.54, 1.807) is 12.1 Å². The fourth-order valence-electron chi connectivity index (χ4n) is 5.20. The van der Waals surface area contributed by atoms with Gasteiger partial charge in [0.1, 0.15) is 0 Å². The molecule has 7 rings (SSSR count). The molecule has 146 valence electrons. The van der Waals surface area contributed by atoms with E-state index in [-0.39, 0.29) is 17.2 Å². The van der Waals surface area contributed by atoms with Gasteiger partial charge in [0.15, 0.2) is 9.84 Å². The summed E-state index contributed by atoms with van der Waals surface area (Å²) in [4.78, 5) is 29.4. The molecule has 0 aliphatic carbocycles. The molecule has 2 amide bonds. The Morgan fingerprint density at radius 1 is 0.833 bits per heavy atom. The molecule has 2 aromatic heterocycles. The molecule has 4 heterocycles. The lowest BCUT2D eigenvalue weighted by Gasteiger charge is -2.17. The third-order valence-electron chi connectivity index (χ3n) is 6.34. The van der Waals surface area contributed by atoms with E-state index in [4.69, 9.17) is 0 Å². The minimum Gasteiger partial charge on any atom is -0.353 e. The fourth-order valence-corrected chi connectivity index (χ4v) is 6.64. The van der Waals surface area contributed by atoms with Crippen molar-refractivity contribution in [2.75, 3.05) is 5.75 Å². The number of fused-ring (bicyclic) bond motifs is 10. The van der Waals surface area contributed by atoms with Gasteiger partial charge in [-0.05, 0) is 12.1 Å². The summed E-state index contributed by atoms with van der Waals surface area (Å²) in [6.45, 7) is 0.290. The number of benzene rings is 3. The number of para-hydroxylation sites is 2. The maximum atomic E-state index is 12.9. The van der Waals surface area contributed by atoms with Crippen molar-refractivity contribution in [2.45, 2.75) is 11.4 Å². The number of carbonyl (C=O) groups is 2. The van der Waals surface area contributed by atoms with Gasteiger partial charge in [-0.1, -0.05) is 30.3 Å². The molecule has 0 bridgehead atoms. The molecular weight excluding hydrogens is 402 g/mol. The van der Waals surface area contributed by atoms with Crippen LogP contribution in [-0.2, 0) is 16.4 Å². The van der Waals surface area contributed by atoms with Crippen LogP contribution in [-0.4, -0.2) is 35.5 Å². The molecule has 2 aliphatic rings. The van der Waals surface area contributed by atoms with Crippen LogP contribution in [0.2, 0.25) is 0 Å². The van der Waals surface area contributed by atoms with Crippen molar-refractivity contribution >= 4 is 65.3 Å². The SMILES string of the molecule is O=C1NC(=O)c2c1c1c3ccccc3[nH]c1c1c2c2cccc3c2n1CCS3(=O)=O. The Morgan fingerprint density at radius 2 is 1.57 bits per heavy atom. The Morgan fingerprint density at radius 3 is 2.40 bits per heavy atom. The van der Waals surface area contributed by atoms with E-state index in [9.17, 15) is 18.0 Å². The Balaban J connectivity index is 1.90. The lowest BCUT2D eigenvalue weighted by atomic mass is 9.97. The summed E-state index contributed by atoms with van der Waals surface area (Å²) < 4.78 is 27.5. The molecule has 3 aromatic carbocycles. The van der Waals surface area contributed by atoms with E-state index in [0.717, 1.165) is 21.9 Å². The second kappa shape index (κ2) is 4.91. The first-order chi connectivity index (χ1) is 14.5. The highest BCUT2D eigenvalue weighted by atomic mass is 32.2. The largest absolute Gasteiger partial charge is 0.353 e. The van der Waals surface area contributed by atoms with Crippen LogP contribution in [0.1, 0.15) is 20.7 Å². The number of nitrogens with one attached hydrogen (secondary N) is 2. The number of aromatic amines is 1. The number of amides is 2. The normalized spacial score (nSPS) is 17.3. The van der Waals surface area contributed by atoms with Crippen LogP contribution in [0.15, 0.2) is 47.4 Å². The summed E-state index contributed by atoms with van der Waals surface area (Å²) in [5.74, 6) is -0.878. The van der Waals surface area contributed by atoms with Gasteiger partial charge in [-0.2, -0.15) is 0 Å². The van der Waals surface area contributed by atoms with Gasteiger partial charge in [0, 0.05) is 33.6 Å². The van der Waals surface area contributed by atoms with Crippen molar-refractivity contribution in [2.24, 2.45) is 0 Å². The monoisotopic (exact) mass is 415 g/mol. The van der Waals surface area contributed by atoms with Gasteiger partial charge in [-0.15, -0.1) is 0 Å². The highest BCUT2D eigenvalue weighted by Gasteiger charge is 2.37. The van der Waals surface area contributed by atoms with E-state index in [0.29, 0.717) is 32.8 Å². The third kappa shape index (κ3) is 1.66. The Bertz CT molecular complexity index is 1770. The van der Waals surface area contributed by atoms with Gasteiger partial charge in [-0.25, -0.2) is 8.42 Å². The molecule has 0 saturated carbocycles. The highest BCUT2D eigenvalue weighted by molar-refractivity contribution is 7.91. The summed E-state index contributed by atoms with van der Waals surface area (Å²) in [6, 6.07) is 12.8. The number of aryl methyl sites for hydroxylation is 1. The number of imide groups is 1. The van der Waals surface area contributed by atoms with Crippen molar-refractivity contribution in [1.29, 1.82) is 0 Å². The van der Waals surface area contributed by atoms with Gasteiger partial charge in [0.05, 0.1) is 38.3 Å². The summed E-state index contributed by atoms with van der Waals surface area (Å²) >= 11 is 0. The second-order valence-corrected chi connectivity index (χ2v) is 9.88. The Kier molecular flexibility index (Phi) is 2.65. The van der Waals surface area contributed by atoms with E-state index in [1.807, 2.05) is 34.9 Å². The van der Waals surface area contributed by atoms with Gasteiger partial charge in [0.2, 0.25) is 0 Å². The average molecular weight is 415 g/mol. The maximum Gasteiger partial charge on any atom is 0.259 e. The van der Waals surface area contributed by atoms with Crippen LogP contribution in [0, 0.1) is 0 Å². The van der Waals surface area contributed by atoms with Gasteiger partial charge in [0.25, 0.3) is 11.8 Å². The van der Waals surface area contributed by atoms with Crippen LogP contribution in [0.5, 0.6) is 0 Å². The number of rotatable bonds is 0. The maximum absolute atomic E-state index is 12.9. The molecule has 2 N–H and O–H groups in total. The van der Waals surface area contributed by atoms with Gasteiger partial charge >= 0.3 is 0 Å². The highest BCUT2D eigenvalue weighted by Crippen LogP contribution is 2.45. The van der Waals surface area contributed by atoms with Crippen LogP contribution in [0.4, 0.5) is 0 Å². The summed E-state index contributed by atoms with van der Waals surface area (Å²) in [6.07, 6.45) is 0. The second-order valence-electron chi connectivity index (χ2n) is 7.80. The quantitative estimate of drug-likeness (QED) is 0.380. The summed E-state index contributed by atoms with van der Waals surface area (Å²) in [5.41, 5.74) is 3.65. The molecular formula is C22H13N3O4S. The molecule has 5 aromatic rings. The predicted octanol–water partition coefficient (Wildman–Crippen LogP) is 3.10. The molecule has 30 heavy (non-hydrogen) atoms. The molecule has 0 spiro atoms.